The van der Waals surface area contributed by atoms with Gasteiger partial charge in [-0.05, 0) is 20.3 Å². The van der Waals surface area contributed by atoms with Gasteiger partial charge in [-0.25, -0.2) is 0 Å². The van der Waals surface area contributed by atoms with Gasteiger partial charge in [-0.1, -0.05) is 26.2 Å². The fourth-order valence-electron chi connectivity index (χ4n) is 2.56. The molecule has 0 aromatic heterocycles. The Balaban J connectivity index is 0.00000441. The van der Waals surface area contributed by atoms with Crippen molar-refractivity contribution in [1.29, 1.82) is 0 Å². The summed E-state index contributed by atoms with van der Waals surface area (Å²) in [5.41, 5.74) is 0.115. The maximum atomic E-state index is 5.43. The first kappa shape index (κ1) is 21.9. The van der Waals surface area contributed by atoms with Crippen LogP contribution in [0.25, 0.3) is 0 Å². The van der Waals surface area contributed by atoms with Gasteiger partial charge in [-0.3, -0.25) is 9.89 Å². The number of rotatable bonds is 8. The van der Waals surface area contributed by atoms with E-state index >= 15 is 0 Å². The van der Waals surface area contributed by atoms with Crippen LogP contribution in [0.2, 0.25) is 0 Å². The summed E-state index contributed by atoms with van der Waals surface area (Å²) >= 11 is 0. The Bertz CT molecular complexity index is 305. The average Bonchev–Trinajstić information content (AvgIpc) is 2.51. The second-order valence-electron chi connectivity index (χ2n) is 6.33. The molecular formula is C16H35IN4O. The molecule has 1 aliphatic rings. The van der Waals surface area contributed by atoms with E-state index in [4.69, 9.17) is 4.74 Å². The molecule has 0 radical (unpaired) electrons. The highest BCUT2D eigenvalue weighted by Gasteiger charge is 2.28. The molecule has 0 unspecified atom stereocenters. The molecule has 1 rings (SSSR count). The summed E-state index contributed by atoms with van der Waals surface area (Å²) in [6, 6.07) is 0. The molecule has 132 valence electrons. The Kier molecular flexibility index (Phi) is 12.3. The normalized spacial score (nSPS) is 17.0. The summed E-state index contributed by atoms with van der Waals surface area (Å²) in [5, 5.41) is 6.85. The number of guanidine groups is 1. The highest BCUT2D eigenvalue weighted by Crippen LogP contribution is 2.14. The molecule has 0 amide bonds. The Morgan fingerprint density at radius 3 is 2.41 bits per heavy atom. The zero-order valence-corrected chi connectivity index (χ0v) is 17.1. The van der Waals surface area contributed by atoms with Crippen molar-refractivity contribution in [2.75, 3.05) is 46.4 Å². The fourth-order valence-corrected chi connectivity index (χ4v) is 2.56. The van der Waals surface area contributed by atoms with Gasteiger partial charge in [0.2, 0.25) is 0 Å². The lowest BCUT2D eigenvalue weighted by atomic mass is 10.0. The molecule has 1 fully saturated rings. The van der Waals surface area contributed by atoms with Crippen molar-refractivity contribution >= 4 is 29.9 Å². The Morgan fingerprint density at radius 2 is 1.82 bits per heavy atom. The summed E-state index contributed by atoms with van der Waals surface area (Å²) in [6.07, 6.45) is 5.10. The van der Waals surface area contributed by atoms with Crippen molar-refractivity contribution in [3.8, 4) is 0 Å². The Hall–Kier alpha value is -0.0800. The van der Waals surface area contributed by atoms with E-state index in [0.29, 0.717) is 0 Å². The van der Waals surface area contributed by atoms with E-state index in [0.717, 1.165) is 45.4 Å². The summed E-state index contributed by atoms with van der Waals surface area (Å²) in [5.74, 6) is 0.910. The summed E-state index contributed by atoms with van der Waals surface area (Å²) in [7, 11) is 1.84. The number of morpholine rings is 1. The Morgan fingerprint density at radius 1 is 1.14 bits per heavy atom. The third-order valence-corrected chi connectivity index (χ3v) is 4.10. The first-order valence-electron chi connectivity index (χ1n) is 8.37. The maximum absolute atomic E-state index is 5.43. The molecule has 6 heteroatoms. The lowest BCUT2D eigenvalue weighted by molar-refractivity contribution is -0.00833. The number of nitrogens with zero attached hydrogens (tertiary/aromatic N) is 2. The van der Waals surface area contributed by atoms with Gasteiger partial charge in [0.15, 0.2) is 5.96 Å². The van der Waals surface area contributed by atoms with Crippen LogP contribution in [-0.4, -0.2) is 62.8 Å². The minimum absolute atomic E-state index is 0. The number of nitrogens with one attached hydrogen (secondary N) is 2. The van der Waals surface area contributed by atoms with Crippen LogP contribution in [0.3, 0.4) is 0 Å². The van der Waals surface area contributed by atoms with Gasteiger partial charge >= 0.3 is 0 Å². The molecule has 1 aliphatic heterocycles. The standard InChI is InChI=1S/C16H34N4O.HI/c1-5-6-7-8-9-18-15(17-4)19-14-16(2,3)20-10-12-21-13-11-20;/h5-14H2,1-4H3,(H2,17,18,19);1H. The first-order valence-corrected chi connectivity index (χ1v) is 8.37. The predicted octanol–water partition coefficient (Wildman–Crippen LogP) is 2.46. The molecule has 5 nitrogen and oxygen atoms in total. The van der Waals surface area contributed by atoms with Gasteiger partial charge < -0.3 is 15.4 Å². The van der Waals surface area contributed by atoms with Crippen molar-refractivity contribution in [2.24, 2.45) is 4.99 Å². The van der Waals surface area contributed by atoms with E-state index in [-0.39, 0.29) is 29.5 Å². The van der Waals surface area contributed by atoms with E-state index in [1.54, 1.807) is 0 Å². The smallest absolute Gasteiger partial charge is 0.191 e. The van der Waals surface area contributed by atoms with Gasteiger partial charge in [-0.2, -0.15) is 0 Å². The van der Waals surface area contributed by atoms with Crippen LogP contribution in [0.15, 0.2) is 4.99 Å². The van der Waals surface area contributed by atoms with Crippen LogP contribution >= 0.6 is 24.0 Å². The van der Waals surface area contributed by atoms with Gasteiger partial charge in [0.25, 0.3) is 0 Å². The predicted molar refractivity (Wildman–Crippen MR) is 105 cm³/mol. The third kappa shape index (κ3) is 8.53. The van der Waals surface area contributed by atoms with E-state index in [2.05, 4.69) is 41.3 Å². The maximum Gasteiger partial charge on any atom is 0.191 e. The van der Waals surface area contributed by atoms with Crippen LogP contribution in [-0.2, 0) is 4.74 Å². The van der Waals surface area contributed by atoms with Crippen molar-refractivity contribution in [2.45, 2.75) is 52.0 Å². The molecule has 0 atom stereocenters. The molecule has 0 aromatic rings. The zero-order valence-electron chi connectivity index (χ0n) is 14.8. The molecular weight excluding hydrogens is 391 g/mol. The lowest BCUT2D eigenvalue weighted by Crippen LogP contribution is -2.56. The second-order valence-corrected chi connectivity index (χ2v) is 6.33. The van der Waals surface area contributed by atoms with Gasteiger partial charge in [0.05, 0.1) is 13.2 Å². The van der Waals surface area contributed by atoms with E-state index in [1.165, 1.54) is 25.7 Å². The highest BCUT2D eigenvalue weighted by molar-refractivity contribution is 14.0. The number of hydrogen-bond donors (Lipinski definition) is 2. The molecule has 22 heavy (non-hydrogen) atoms. The van der Waals surface area contributed by atoms with Crippen LogP contribution in [0.5, 0.6) is 0 Å². The molecule has 0 saturated carbocycles. The van der Waals surface area contributed by atoms with E-state index in [1.807, 2.05) is 7.05 Å². The molecule has 0 aromatic carbocycles. The quantitative estimate of drug-likeness (QED) is 0.271. The Labute approximate surface area is 153 Å². The van der Waals surface area contributed by atoms with E-state index < -0.39 is 0 Å². The fraction of sp³-hybridized carbons (Fsp3) is 0.938. The molecule has 1 saturated heterocycles. The van der Waals surface area contributed by atoms with Crippen LogP contribution in [0.1, 0.15) is 46.5 Å². The van der Waals surface area contributed by atoms with Crippen LogP contribution in [0.4, 0.5) is 0 Å². The minimum atomic E-state index is 0. The van der Waals surface area contributed by atoms with E-state index in [9.17, 15) is 0 Å². The van der Waals surface area contributed by atoms with Gasteiger partial charge in [0, 0.05) is 38.8 Å². The molecule has 0 bridgehead atoms. The average molecular weight is 426 g/mol. The largest absolute Gasteiger partial charge is 0.379 e. The summed E-state index contributed by atoms with van der Waals surface area (Å²) in [6.45, 7) is 12.4. The SMILES string of the molecule is CCCCCCNC(=NC)NCC(C)(C)N1CCOCC1.I. The summed E-state index contributed by atoms with van der Waals surface area (Å²) in [4.78, 5) is 6.79. The second kappa shape index (κ2) is 12.4. The van der Waals surface area contributed by atoms with Crippen molar-refractivity contribution in [3.05, 3.63) is 0 Å². The van der Waals surface area contributed by atoms with Gasteiger partial charge in [0.1, 0.15) is 0 Å². The summed E-state index contributed by atoms with van der Waals surface area (Å²) < 4.78 is 5.43. The molecule has 2 N–H and O–H groups in total. The molecule has 1 heterocycles. The van der Waals surface area contributed by atoms with Crippen molar-refractivity contribution in [1.82, 2.24) is 15.5 Å². The number of halogens is 1. The van der Waals surface area contributed by atoms with Crippen molar-refractivity contribution in [3.63, 3.8) is 0 Å². The van der Waals surface area contributed by atoms with Crippen molar-refractivity contribution < 1.29 is 4.74 Å². The number of unbranched alkanes of at least 4 members (excludes halogenated alkanes) is 3. The molecule has 0 spiro atoms. The van der Waals surface area contributed by atoms with Crippen LogP contribution in [0, 0.1) is 0 Å². The monoisotopic (exact) mass is 426 g/mol. The zero-order chi connectivity index (χ0) is 15.6. The van der Waals surface area contributed by atoms with Gasteiger partial charge in [-0.15, -0.1) is 24.0 Å². The highest BCUT2D eigenvalue weighted by atomic mass is 127. The lowest BCUT2D eigenvalue weighted by Gasteiger charge is -2.41. The number of hydrogen-bond acceptors (Lipinski definition) is 3. The minimum Gasteiger partial charge on any atom is -0.379 e. The number of ether oxygens (including phenoxy) is 1. The topological polar surface area (TPSA) is 48.9 Å². The first-order chi connectivity index (χ1) is 10.1. The van der Waals surface area contributed by atoms with Crippen LogP contribution < -0.4 is 10.6 Å². The molecule has 0 aliphatic carbocycles. The number of aliphatic imine (C=N–C) groups is 1. The third-order valence-electron chi connectivity index (χ3n) is 4.10.